The lowest BCUT2D eigenvalue weighted by Crippen LogP contribution is -2.51. The van der Waals surface area contributed by atoms with E-state index in [1.165, 1.54) is 283 Å². The number of esters is 1. The molecule has 0 aromatic carbocycles. The Morgan fingerprint density at radius 2 is 0.941 bits per heavy atom. The van der Waals surface area contributed by atoms with Gasteiger partial charge in [-0.3, -0.25) is 4.79 Å². The SMILES string of the molecule is CCCCCCCCCCCCCCCCCCCCCCCCCCCCCCCCCCCCCCC(=O)OC1CCC2(C)C(=CCC3C2CCC2(C)C(C(C)CCCC(C)C)CCC32)C1. The highest BCUT2D eigenvalue weighted by Gasteiger charge is 2.59. The Labute approximate surface area is 427 Å². The van der Waals surface area contributed by atoms with Crippen LogP contribution < -0.4 is 0 Å². The Morgan fingerprint density at radius 3 is 1.37 bits per heavy atom. The van der Waals surface area contributed by atoms with Gasteiger partial charge < -0.3 is 4.74 Å². The van der Waals surface area contributed by atoms with Crippen molar-refractivity contribution in [2.45, 2.75) is 356 Å². The average Bonchev–Trinajstić information content (AvgIpc) is 3.68. The highest BCUT2D eigenvalue weighted by Crippen LogP contribution is 2.67. The van der Waals surface area contributed by atoms with Crippen LogP contribution in [0.1, 0.15) is 350 Å². The van der Waals surface area contributed by atoms with Crippen LogP contribution in [-0.2, 0) is 9.53 Å². The molecule has 68 heavy (non-hydrogen) atoms. The summed E-state index contributed by atoms with van der Waals surface area (Å²) in [4.78, 5) is 13.0. The molecular formula is C66H122O2. The van der Waals surface area contributed by atoms with Crippen molar-refractivity contribution in [1.82, 2.24) is 0 Å². The highest BCUT2D eigenvalue weighted by molar-refractivity contribution is 5.69. The van der Waals surface area contributed by atoms with E-state index in [4.69, 9.17) is 4.74 Å². The molecule has 398 valence electrons. The molecule has 2 nitrogen and oxygen atoms in total. The van der Waals surface area contributed by atoms with E-state index in [0.29, 0.717) is 17.3 Å². The van der Waals surface area contributed by atoms with Crippen LogP contribution in [-0.4, -0.2) is 12.1 Å². The lowest BCUT2D eigenvalue weighted by molar-refractivity contribution is -0.151. The Hall–Kier alpha value is -0.790. The molecule has 0 aromatic heterocycles. The molecule has 4 rings (SSSR count). The molecule has 0 aliphatic heterocycles. The van der Waals surface area contributed by atoms with Crippen LogP contribution in [0.2, 0.25) is 0 Å². The molecule has 0 heterocycles. The predicted octanol–water partition coefficient (Wildman–Crippen LogP) is 22.4. The van der Waals surface area contributed by atoms with Crippen molar-refractivity contribution in [2.24, 2.45) is 46.3 Å². The fraction of sp³-hybridized carbons (Fsp3) is 0.955. The maximum absolute atomic E-state index is 13.0. The third kappa shape index (κ3) is 22.5. The number of hydrogen-bond acceptors (Lipinski definition) is 2. The molecule has 3 saturated carbocycles. The molecular weight excluding hydrogens is 825 g/mol. The Morgan fingerprint density at radius 1 is 0.515 bits per heavy atom. The minimum atomic E-state index is 0.0713. The number of rotatable bonds is 43. The Kier molecular flexibility index (Phi) is 31.8. The molecule has 8 unspecified atom stereocenters. The van der Waals surface area contributed by atoms with E-state index in [9.17, 15) is 4.79 Å². The molecule has 4 aliphatic carbocycles. The number of carbonyl (C=O) groups is 1. The van der Waals surface area contributed by atoms with E-state index in [1.807, 2.05) is 0 Å². The lowest BCUT2D eigenvalue weighted by Gasteiger charge is -2.58. The Bertz CT molecular complexity index is 1270. The molecule has 3 fully saturated rings. The van der Waals surface area contributed by atoms with E-state index < -0.39 is 0 Å². The average molecular weight is 948 g/mol. The minimum Gasteiger partial charge on any atom is -0.462 e. The van der Waals surface area contributed by atoms with Crippen LogP contribution in [0.25, 0.3) is 0 Å². The topological polar surface area (TPSA) is 26.3 Å². The predicted molar refractivity (Wildman–Crippen MR) is 299 cm³/mol. The van der Waals surface area contributed by atoms with Crippen molar-refractivity contribution in [3.8, 4) is 0 Å². The quantitative estimate of drug-likeness (QED) is 0.0346. The van der Waals surface area contributed by atoms with Crippen LogP contribution in [0.15, 0.2) is 11.6 Å². The zero-order valence-electron chi connectivity index (χ0n) is 47.4. The highest BCUT2D eigenvalue weighted by atomic mass is 16.5. The van der Waals surface area contributed by atoms with Crippen LogP contribution >= 0.6 is 0 Å². The van der Waals surface area contributed by atoms with E-state index in [1.54, 1.807) is 5.57 Å². The van der Waals surface area contributed by atoms with Crippen LogP contribution in [0.5, 0.6) is 0 Å². The number of ether oxygens (including phenoxy) is 1. The van der Waals surface area contributed by atoms with Gasteiger partial charge in [-0.2, -0.15) is 0 Å². The molecule has 0 spiro atoms. The summed E-state index contributed by atoms with van der Waals surface area (Å²) in [6.45, 7) is 15.0. The molecule has 0 amide bonds. The summed E-state index contributed by atoms with van der Waals surface area (Å²) in [5.74, 6) is 5.34. The number of fused-ring (bicyclic) bond motifs is 5. The van der Waals surface area contributed by atoms with Crippen molar-refractivity contribution >= 4 is 5.97 Å². The fourth-order valence-corrected chi connectivity index (χ4v) is 15.4. The summed E-state index contributed by atoms with van der Waals surface area (Å²) in [6, 6.07) is 0. The minimum absolute atomic E-state index is 0.0713. The van der Waals surface area contributed by atoms with Gasteiger partial charge in [0.05, 0.1) is 0 Å². The first-order valence-corrected chi connectivity index (χ1v) is 32.1. The van der Waals surface area contributed by atoms with Gasteiger partial charge in [-0.1, -0.05) is 297 Å². The van der Waals surface area contributed by atoms with Crippen molar-refractivity contribution in [3.63, 3.8) is 0 Å². The van der Waals surface area contributed by atoms with E-state index in [-0.39, 0.29) is 12.1 Å². The second-order valence-electron chi connectivity index (χ2n) is 25.8. The normalized spacial score (nSPS) is 26.1. The Balaban J connectivity index is 0.857. The fourth-order valence-electron chi connectivity index (χ4n) is 15.4. The summed E-state index contributed by atoms with van der Waals surface area (Å²) in [7, 11) is 0. The van der Waals surface area contributed by atoms with Gasteiger partial charge in [0.1, 0.15) is 6.10 Å². The van der Waals surface area contributed by atoms with E-state index >= 15 is 0 Å². The van der Waals surface area contributed by atoms with Gasteiger partial charge in [0, 0.05) is 12.8 Å². The van der Waals surface area contributed by atoms with Crippen molar-refractivity contribution in [2.75, 3.05) is 0 Å². The summed E-state index contributed by atoms with van der Waals surface area (Å²) < 4.78 is 6.19. The first-order valence-electron chi connectivity index (χ1n) is 32.1. The first-order chi connectivity index (χ1) is 33.2. The number of allylic oxidation sites excluding steroid dienone is 1. The van der Waals surface area contributed by atoms with Crippen molar-refractivity contribution < 1.29 is 9.53 Å². The molecule has 0 radical (unpaired) electrons. The smallest absolute Gasteiger partial charge is 0.306 e. The van der Waals surface area contributed by atoms with Gasteiger partial charge in [-0.05, 0) is 97.7 Å². The monoisotopic (exact) mass is 947 g/mol. The number of hydrogen-bond donors (Lipinski definition) is 0. The standard InChI is InChI=1S/C66H122O2/c1-7-8-9-10-11-12-13-14-15-16-17-18-19-20-21-22-23-24-25-26-27-28-29-30-31-32-33-34-35-36-37-38-39-40-41-42-46-64(67)68-59-51-53-65(5)58(55-59)47-48-60-62-50-49-61(57(4)45-43-44-56(2)3)66(62,6)54-52-63(60)65/h47,56-57,59-63H,7-46,48-55H2,1-6H3. The first kappa shape index (κ1) is 59.8. The van der Waals surface area contributed by atoms with Gasteiger partial charge in [0.25, 0.3) is 0 Å². The second-order valence-corrected chi connectivity index (χ2v) is 25.8. The zero-order valence-corrected chi connectivity index (χ0v) is 47.4. The van der Waals surface area contributed by atoms with Gasteiger partial charge in [-0.15, -0.1) is 0 Å². The van der Waals surface area contributed by atoms with E-state index in [0.717, 1.165) is 54.8 Å². The summed E-state index contributed by atoms with van der Waals surface area (Å²) in [6.07, 6.45) is 69.6. The second kappa shape index (κ2) is 36.2. The van der Waals surface area contributed by atoms with Crippen LogP contribution in [0.4, 0.5) is 0 Å². The summed E-state index contributed by atoms with van der Waals surface area (Å²) in [5, 5.41) is 0. The molecule has 0 aromatic rings. The number of carbonyl (C=O) groups excluding carboxylic acids is 1. The maximum Gasteiger partial charge on any atom is 0.306 e. The molecule has 0 saturated heterocycles. The third-order valence-electron chi connectivity index (χ3n) is 19.8. The number of unbranched alkanes of at least 4 members (excludes halogenated alkanes) is 35. The van der Waals surface area contributed by atoms with Gasteiger partial charge >= 0.3 is 5.97 Å². The van der Waals surface area contributed by atoms with Crippen LogP contribution in [0.3, 0.4) is 0 Å². The van der Waals surface area contributed by atoms with E-state index in [2.05, 4.69) is 47.6 Å². The maximum atomic E-state index is 13.0. The third-order valence-corrected chi connectivity index (χ3v) is 19.8. The van der Waals surface area contributed by atoms with Crippen LogP contribution in [0, 0.1) is 46.3 Å². The van der Waals surface area contributed by atoms with Gasteiger partial charge in [0.15, 0.2) is 0 Å². The molecule has 0 N–H and O–H groups in total. The van der Waals surface area contributed by atoms with Crippen molar-refractivity contribution in [1.29, 1.82) is 0 Å². The molecule has 0 bridgehead atoms. The lowest BCUT2D eigenvalue weighted by atomic mass is 9.47. The molecule has 8 atom stereocenters. The zero-order chi connectivity index (χ0) is 48.6. The largest absolute Gasteiger partial charge is 0.462 e. The van der Waals surface area contributed by atoms with Gasteiger partial charge in [-0.25, -0.2) is 0 Å². The summed E-state index contributed by atoms with van der Waals surface area (Å²) in [5.41, 5.74) is 2.54. The van der Waals surface area contributed by atoms with Gasteiger partial charge in [0.2, 0.25) is 0 Å². The molecule has 2 heteroatoms. The molecule has 4 aliphatic rings. The summed E-state index contributed by atoms with van der Waals surface area (Å²) >= 11 is 0. The van der Waals surface area contributed by atoms with Crippen molar-refractivity contribution in [3.05, 3.63) is 11.6 Å².